The minimum absolute atomic E-state index is 0.0387. The van der Waals surface area contributed by atoms with Gasteiger partial charge in [0, 0.05) is 5.69 Å². The number of hydrogen-bond donors (Lipinski definition) is 2. The molecule has 0 radical (unpaired) electrons. The second-order valence-corrected chi connectivity index (χ2v) is 9.12. The van der Waals surface area contributed by atoms with Gasteiger partial charge in [0.15, 0.2) is 6.61 Å². The number of carbonyl (C=O) groups is 1. The molecule has 9 heteroatoms. The van der Waals surface area contributed by atoms with E-state index in [0.29, 0.717) is 17.2 Å². The Kier molecular flexibility index (Phi) is 7.27. The Hall–Kier alpha value is -3.23. The Bertz CT molecular complexity index is 1210. The van der Waals surface area contributed by atoms with E-state index in [2.05, 4.69) is 10.0 Å². The third kappa shape index (κ3) is 5.72. The number of rotatable bonds is 8. The van der Waals surface area contributed by atoms with E-state index in [0.717, 1.165) is 16.8 Å². The Balaban J connectivity index is 1.61. The van der Waals surface area contributed by atoms with E-state index in [1.807, 2.05) is 32.0 Å². The first-order chi connectivity index (χ1) is 15.2. The van der Waals surface area contributed by atoms with Crippen LogP contribution in [0.2, 0.25) is 5.02 Å². The standard InChI is InChI=1S/C23H23ClN2O5S/c1-15-5-4-6-16(2)23(15)25-22(27)14-31-18-8-10-19(11-9-18)32(28,29)26-17-7-12-21(30-3)20(24)13-17/h4-13,26H,14H2,1-3H3,(H,25,27). The molecule has 0 fully saturated rings. The number of aryl methyl sites for hydroxylation is 2. The summed E-state index contributed by atoms with van der Waals surface area (Å²) in [6, 6.07) is 16.1. The molecule has 0 aliphatic rings. The van der Waals surface area contributed by atoms with Gasteiger partial charge in [-0.3, -0.25) is 9.52 Å². The zero-order valence-corrected chi connectivity index (χ0v) is 19.4. The Labute approximate surface area is 192 Å². The number of methoxy groups -OCH3 is 1. The Morgan fingerprint density at radius 3 is 2.25 bits per heavy atom. The molecule has 0 spiro atoms. The molecule has 0 heterocycles. The number of para-hydroxylation sites is 1. The van der Waals surface area contributed by atoms with Gasteiger partial charge in [0.1, 0.15) is 11.5 Å². The van der Waals surface area contributed by atoms with Crippen LogP contribution in [0.4, 0.5) is 11.4 Å². The molecule has 0 saturated carbocycles. The topological polar surface area (TPSA) is 93.7 Å². The van der Waals surface area contributed by atoms with Gasteiger partial charge in [-0.1, -0.05) is 29.8 Å². The van der Waals surface area contributed by atoms with Gasteiger partial charge in [-0.2, -0.15) is 0 Å². The number of benzene rings is 3. The molecule has 1 amide bonds. The second-order valence-electron chi connectivity index (χ2n) is 7.03. The van der Waals surface area contributed by atoms with Crippen LogP contribution < -0.4 is 19.5 Å². The molecule has 0 saturated heterocycles. The number of amides is 1. The average molecular weight is 475 g/mol. The summed E-state index contributed by atoms with van der Waals surface area (Å²) in [5, 5.41) is 3.12. The number of nitrogens with one attached hydrogen (secondary N) is 2. The van der Waals surface area contributed by atoms with Gasteiger partial charge in [0.05, 0.1) is 22.7 Å². The monoisotopic (exact) mass is 474 g/mol. The summed E-state index contributed by atoms with van der Waals surface area (Å²) in [6.07, 6.45) is 0. The molecule has 3 rings (SSSR count). The van der Waals surface area contributed by atoms with E-state index in [1.165, 1.54) is 37.4 Å². The average Bonchev–Trinajstić information content (AvgIpc) is 2.75. The van der Waals surface area contributed by atoms with Crippen molar-refractivity contribution < 1.29 is 22.7 Å². The zero-order valence-electron chi connectivity index (χ0n) is 17.8. The van der Waals surface area contributed by atoms with Gasteiger partial charge >= 0.3 is 0 Å². The van der Waals surface area contributed by atoms with E-state index in [1.54, 1.807) is 12.1 Å². The number of ether oxygens (including phenoxy) is 2. The van der Waals surface area contributed by atoms with Crippen LogP contribution in [-0.4, -0.2) is 28.0 Å². The molecule has 2 N–H and O–H groups in total. The maximum Gasteiger partial charge on any atom is 0.262 e. The maximum atomic E-state index is 12.6. The summed E-state index contributed by atoms with van der Waals surface area (Å²) in [5.74, 6) is 0.503. The van der Waals surface area contributed by atoms with Gasteiger partial charge in [0.25, 0.3) is 15.9 Å². The number of hydrogen-bond acceptors (Lipinski definition) is 5. The summed E-state index contributed by atoms with van der Waals surface area (Å²) in [5.41, 5.74) is 2.98. The van der Waals surface area contributed by atoms with Gasteiger partial charge in [0.2, 0.25) is 0 Å². The van der Waals surface area contributed by atoms with Crippen molar-refractivity contribution in [3.63, 3.8) is 0 Å². The van der Waals surface area contributed by atoms with Crippen LogP contribution in [0.1, 0.15) is 11.1 Å². The molecule has 0 aliphatic carbocycles. The minimum Gasteiger partial charge on any atom is -0.495 e. The Morgan fingerprint density at radius 2 is 1.66 bits per heavy atom. The van der Waals surface area contributed by atoms with Crippen molar-refractivity contribution >= 4 is 38.9 Å². The zero-order chi connectivity index (χ0) is 23.3. The van der Waals surface area contributed by atoms with E-state index >= 15 is 0 Å². The smallest absolute Gasteiger partial charge is 0.262 e. The first kappa shape index (κ1) is 23.4. The van der Waals surface area contributed by atoms with Crippen LogP contribution in [0, 0.1) is 13.8 Å². The fourth-order valence-electron chi connectivity index (χ4n) is 2.99. The van der Waals surface area contributed by atoms with Gasteiger partial charge in [-0.25, -0.2) is 8.42 Å². The fraction of sp³-hybridized carbons (Fsp3) is 0.174. The van der Waals surface area contributed by atoms with E-state index in [9.17, 15) is 13.2 Å². The molecule has 0 unspecified atom stereocenters. The maximum absolute atomic E-state index is 12.6. The highest BCUT2D eigenvalue weighted by Crippen LogP contribution is 2.28. The third-order valence-corrected chi connectivity index (χ3v) is 6.35. The highest BCUT2D eigenvalue weighted by atomic mass is 35.5. The summed E-state index contributed by atoms with van der Waals surface area (Å²) < 4.78 is 38.3. The molecule has 7 nitrogen and oxygen atoms in total. The quantitative estimate of drug-likeness (QED) is 0.490. The highest BCUT2D eigenvalue weighted by Gasteiger charge is 2.16. The van der Waals surface area contributed by atoms with Crippen molar-refractivity contribution in [1.29, 1.82) is 0 Å². The van der Waals surface area contributed by atoms with Crippen LogP contribution in [0.25, 0.3) is 0 Å². The van der Waals surface area contributed by atoms with E-state index < -0.39 is 10.0 Å². The van der Waals surface area contributed by atoms with Crippen LogP contribution in [0.3, 0.4) is 0 Å². The number of anilines is 2. The first-order valence-corrected chi connectivity index (χ1v) is 11.5. The molecule has 3 aromatic rings. The predicted octanol–water partition coefficient (Wildman–Crippen LogP) is 4.78. The number of halogens is 1. The minimum atomic E-state index is -3.83. The van der Waals surface area contributed by atoms with Gasteiger partial charge in [-0.15, -0.1) is 0 Å². The highest BCUT2D eigenvalue weighted by molar-refractivity contribution is 7.92. The molecule has 32 heavy (non-hydrogen) atoms. The van der Waals surface area contributed by atoms with E-state index in [4.69, 9.17) is 21.1 Å². The molecule has 0 atom stereocenters. The first-order valence-electron chi connectivity index (χ1n) is 9.65. The van der Waals surface area contributed by atoms with Crippen LogP contribution in [-0.2, 0) is 14.8 Å². The fourth-order valence-corrected chi connectivity index (χ4v) is 4.30. The lowest BCUT2D eigenvalue weighted by molar-refractivity contribution is -0.118. The van der Waals surface area contributed by atoms with Crippen LogP contribution in [0.15, 0.2) is 65.6 Å². The lowest BCUT2D eigenvalue weighted by Gasteiger charge is -2.13. The van der Waals surface area contributed by atoms with Crippen molar-refractivity contribution in [2.24, 2.45) is 0 Å². The van der Waals surface area contributed by atoms with Crippen molar-refractivity contribution in [2.75, 3.05) is 23.8 Å². The molecule has 3 aromatic carbocycles. The predicted molar refractivity (Wildman–Crippen MR) is 125 cm³/mol. The van der Waals surface area contributed by atoms with Crippen molar-refractivity contribution in [3.05, 3.63) is 76.8 Å². The second kappa shape index (κ2) is 9.93. The molecular formula is C23H23ClN2O5S. The SMILES string of the molecule is COc1ccc(NS(=O)(=O)c2ccc(OCC(=O)Nc3c(C)cccc3C)cc2)cc1Cl. The van der Waals surface area contributed by atoms with Gasteiger partial charge < -0.3 is 14.8 Å². The Morgan fingerprint density at radius 1 is 1.00 bits per heavy atom. The summed E-state index contributed by atoms with van der Waals surface area (Å²) in [4.78, 5) is 12.3. The lowest BCUT2D eigenvalue weighted by atomic mass is 10.1. The van der Waals surface area contributed by atoms with Crippen molar-refractivity contribution in [3.8, 4) is 11.5 Å². The number of sulfonamides is 1. The summed E-state index contributed by atoms with van der Waals surface area (Å²) >= 11 is 6.04. The molecule has 168 valence electrons. The van der Waals surface area contributed by atoms with Crippen LogP contribution in [0.5, 0.6) is 11.5 Å². The molecule has 0 aliphatic heterocycles. The largest absolute Gasteiger partial charge is 0.495 e. The lowest BCUT2D eigenvalue weighted by Crippen LogP contribution is -2.21. The third-order valence-electron chi connectivity index (χ3n) is 4.65. The van der Waals surface area contributed by atoms with Gasteiger partial charge in [-0.05, 0) is 67.4 Å². The summed E-state index contributed by atoms with van der Waals surface area (Å²) in [7, 11) is -2.36. The number of carbonyl (C=O) groups excluding carboxylic acids is 1. The van der Waals surface area contributed by atoms with E-state index in [-0.39, 0.29) is 22.4 Å². The van der Waals surface area contributed by atoms with Crippen LogP contribution >= 0.6 is 11.6 Å². The summed E-state index contributed by atoms with van der Waals surface area (Å²) in [6.45, 7) is 3.62. The molecular weight excluding hydrogens is 452 g/mol. The van der Waals surface area contributed by atoms with Crippen molar-refractivity contribution in [1.82, 2.24) is 0 Å². The van der Waals surface area contributed by atoms with Crippen molar-refractivity contribution in [2.45, 2.75) is 18.7 Å². The molecule has 0 aromatic heterocycles. The molecule has 0 bridgehead atoms. The normalized spacial score (nSPS) is 11.0.